The molecule has 1 aromatic rings. The topological polar surface area (TPSA) is 73.3 Å². The molecule has 14 heavy (non-hydrogen) atoms. The summed E-state index contributed by atoms with van der Waals surface area (Å²) in [6.45, 7) is 0.760. The van der Waals surface area contributed by atoms with E-state index < -0.39 is 6.09 Å². The normalized spacial score (nSPS) is 20.0. The van der Waals surface area contributed by atoms with Gasteiger partial charge in [-0.15, -0.1) is 0 Å². The second-order valence-corrected chi connectivity index (χ2v) is 2.76. The van der Waals surface area contributed by atoms with E-state index in [4.69, 9.17) is 9.47 Å². The smallest absolute Gasteiger partial charge is 0.407 e. The van der Waals surface area contributed by atoms with Gasteiger partial charge in [-0.3, -0.25) is 4.98 Å². The van der Waals surface area contributed by atoms with Crippen molar-refractivity contribution < 1.29 is 14.3 Å². The van der Waals surface area contributed by atoms with Crippen molar-refractivity contribution in [3.05, 3.63) is 18.6 Å². The largest absolute Gasteiger partial charge is 0.473 e. The molecule has 6 heteroatoms. The molecule has 1 unspecified atom stereocenters. The maximum atomic E-state index is 10.6. The first-order chi connectivity index (χ1) is 6.84. The number of carbonyl (C=O) groups is 1. The Morgan fingerprint density at radius 2 is 2.57 bits per heavy atom. The molecule has 2 heterocycles. The summed E-state index contributed by atoms with van der Waals surface area (Å²) in [5, 5.41) is 2.53. The molecule has 2 rings (SSSR count). The molecule has 0 saturated carbocycles. The van der Waals surface area contributed by atoms with Gasteiger partial charge in [0, 0.05) is 12.4 Å². The van der Waals surface area contributed by atoms with Crippen LogP contribution in [0.15, 0.2) is 18.6 Å². The number of carbonyl (C=O) groups excluding carboxylic acids is 1. The lowest BCUT2D eigenvalue weighted by Crippen LogP contribution is -2.22. The second kappa shape index (κ2) is 3.91. The molecule has 0 spiro atoms. The van der Waals surface area contributed by atoms with Crippen molar-refractivity contribution in [2.24, 2.45) is 0 Å². The highest BCUT2D eigenvalue weighted by Crippen LogP contribution is 2.05. The van der Waals surface area contributed by atoms with Gasteiger partial charge in [-0.25, -0.2) is 9.78 Å². The van der Waals surface area contributed by atoms with E-state index in [9.17, 15) is 4.79 Å². The Hall–Kier alpha value is -1.85. The van der Waals surface area contributed by atoms with Crippen LogP contribution in [0.5, 0.6) is 5.88 Å². The Bertz CT molecular complexity index is 317. The average Bonchev–Trinajstić information content (AvgIpc) is 2.63. The van der Waals surface area contributed by atoms with Crippen LogP contribution < -0.4 is 10.1 Å². The standard InChI is InChI=1S/C8H9N3O3/c12-8-11-3-6(14-8)5-13-7-4-9-1-2-10-7/h1-2,4,6H,3,5H2,(H,11,12). The zero-order chi connectivity index (χ0) is 9.80. The summed E-state index contributed by atoms with van der Waals surface area (Å²) < 4.78 is 10.1. The van der Waals surface area contributed by atoms with Crippen LogP contribution in [0.25, 0.3) is 0 Å². The number of amides is 1. The molecule has 1 atom stereocenters. The Balaban J connectivity index is 1.80. The monoisotopic (exact) mass is 195 g/mol. The van der Waals surface area contributed by atoms with E-state index in [1.54, 1.807) is 6.20 Å². The van der Waals surface area contributed by atoms with Crippen LogP contribution in [-0.4, -0.2) is 35.3 Å². The fraction of sp³-hybridized carbons (Fsp3) is 0.375. The molecule has 0 aliphatic carbocycles. The number of nitrogens with one attached hydrogen (secondary N) is 1. The van der Waals surface area contributed by atoms with Crippen molar-refractivity contribution in [2.45, 2.75) is 6.10 Å². The molecule has 1 aliphatic heterocycles. The van der Waals surface area contributed by atoms with Crippen molar-refractivity contribution in [3.63, 3.8) is 0 Å². The molecule has 1 N–H and O–H groups in total. The number of alkyl carbamates (subject to hydrolysis) is 1. The van der Waals surface area contributed by atoms with Gasteiger partial charge in [0.15, 0.2) is 6.10 Å². The summed E-state index contributed by atoms with van der Waals surface area (Å²) in [6.07, 6.45) is 3.95. The van der Waals surface area contributed by atoms with Crippen LogP contribution in [-0.2, 0) is 4.74 Å². The first-order valence-corrected chi connectivity index (χ1v) is 4.18. The Morgan fingerprint density at radius 1 is 1.64 bits per heavy atom. The molecule has 1 saturated heterocycles. The minimum absolute atomic E-state index is 0.246. The maximum absolute atomic E-state index is 10.6. The van der Waals surface area contributed by atoms with Crippen molar-refractivity contribution >= 4 is 6.09 Å². The quantitative estimate of drug-likeness (QED) is 0.732. The fourth-order valence-corrected chi connectivity index (χ4v) is 1.06. The van der Waals surface area contributed by atoms with Gasteiger partial charge in [0.1, 0.15) is 6.61 Å². The van der Waals surface area contributed by atoms with E-state index in [1.807, 2.05) is 0 Å². The van der Waals surface area contributed by atoms with E-state index in [-0.39, 0.29) is 12.7 Å². The van der Waals surface area contributed by atoms with Gasteiger partial charge in [0.25, 0.3) is 0 Å². The molecule has 1 fully saturated rings. The van der Waals surface area contributed by atoms with Gasteiger partial charge in [-0.05, 0) is 0 Å². The molecular formula is C8H9N3O3. The Kier molecular flexibility index (Phi) is 2.44. The predicted molar refractivity (Wildman–Crippen MR) is 45.8 cm³/mol. The summed E-state index contributed by atoms with van der Waals surface area (Å²) in [5.74, 6) is 0.426. The van der Waals surface area contributed by atoms with Crippen LogP contribution in [0.2, 0.25) is 0 Å². The Labute approximate surface area is 80.3 Å². The van der Waals surface area contributed by atoms with Crippen LogP contribution >= 0.6 is 0 Å². The van der Waals surface area contributed by atoms with Crippen LogP contribution in [0.1, 0.15) is 0 Å². The van der Waals surface area contributed by atoms with Crippen molar-refractivity contribution in [3.8, 4) is 5.88 Å². The third kappa shape index (κ3) is 2.09. The van der Waals surface area contributed by atoms with Crippen molar-refractivity contribution in [1.82, 2.24) is 15.3 Å². The first-order valence-electron chi connectivity index (χ1n) is 4.18. The molecule has 1 amide bonds. The number of aromatic nitrogens is 2. The number of hydrogen-bond donors (Lipinski definition) is 1. The van der Waals surface area contributed by atoms with Gasteiger partial charge in [0.05, 0.1) is 12.7 Å². The second-order valence-electron chi connectivity index (χ2n) is 2.76. The van der Waals surface area contributed by atoms with E-state index in [1.165, 1.54) is 12.4 Å². The highest BCUT2D eigenvalue weighted by molar-refractivity contribution is 5.69. The SMILES string of the molecule is O=C1NCC(COc2cnccn2)O1. The third-order valence-electron chi connectivity index (χ3n) is 1.70. The number of nitrogens with zero attached hydrogens (tertiary/aromatic N) is 2. The number of ether oxygens (including phenoxy) is 2. The number of cyclic esters (lactones) is 1. The van der Waals surface area contributed by atoms with Gasteiger partial charge in [-0.2, -0.15) is 0 Å². The lowest BCUT2D eigenvalue weighted by atomic mass is 10.4. The summed E-state index contributed by atoms with van der Waals surface area (Å²) in [6, 6.07) is 0. The van der Waals surface area contributed by atoms with E-state index in [0.29, 0.717) is 12.4 Å². The zero-order valence-electron chi connectivity index (χ0n) is 7.34. The zero-order valence-corrected chi connectivity index (χ0v) is 7.34. The van der Waals surface area contributed by atoms with Gasteiger partial charge >= 0.3 is 6.09 Å². The molecule has 0 aromatic carbocycles. The van der Waals surface area contributed by atoms with Gasteiger partial charge in [0.2, 0.25) is 5.88 Å². The fourth-order valence-electron chi connectivity index (χ4n) is 1.06. The average molecular weight is 195 g/mol. The predicted octanol–water partition coefficient (Wildman–Crippen LogP) is -0.0362. The number of rotatable bonds is 3. The van der Waals surface area contributed by atoms with E-state index in [2.05, 4.69) is 15.3 Å². The molecule has 6 nitrogen and oxygen atoms in total. The minimum atomic E-state index is -0.405. The molecule has 0 radical (unpaired) electrons. The van der Waals surface area contributed by atoms with Gasteiger partial charge in [-0.1, -0.05) is 0 Å². The molecular weight excluding hydrogens is 186 g/mol. The van der Waals surface area contributed by atoms with Crippen LogP contribution in [0.3, 0.4) is 0 Å². The van der Waals surface area contributed by atoms with E-state index in [0.717, 1.165) is 0 Å². The molecule has 0 bridgehead atoms. The van der Waals surface area contributed by atoms with Crippen LogP contribution in [0, 0.1) is 0 Å². The van der Waals surface area contributed by atoms with Crippen molar-refractivity contribution in [2.75, 3.05) is 13.2 Å². The highest BCUT2D eigenvalue weighted by Gasteiger charge is 2.22. The molecule has 1 aromatic heterocycles. The highest BCUT2D eigenvalue weighted by atomic mass is 16.6. The van der Waals surface area contributed by atoms with Gasteiger partial charge < -0.3 is 14.8 Å². The third-order valence-corrected chi connectivity index (χ3v) is 1.70. The summed E-state index contributed by atoms with van der Waals surface area (Å²) in [7, 11) is 0. The maximum Gasteiger partial charge on any atom is 0.407 e. The van der Waals surface area contributed by atoms with E-state index >= 15 is 0 Å². The lowest BCUT2D eigenvalue weighted by molar-refractivity contribution is 0.103. The minimum Gasteiger partial charge on any atom is -0.473 e. The van der Waals surface area contributed by atoms with Crippen LogP contribution in [0.4, 0.5) is 4.79 Å². The molecule has 1 aliphatic rings. The van der Waals surface area contributed by atoms with Crippen molar-refractivity contribution in [1.29, 1.82) is 0 Å². The Morgan fingerprint density at radius 3 is 3.21 bits per heavy atom. The number of hydrogen-bond acceptors (Lipinski definition) is 5. The lowest BCUT2D eigenvalue weighted by Gasteiger charge is -2.08. The molecule has 74 valence electrons. The summed E-state index contributed by atoms with van der Waals surface area (Å²) in [5.41, 5.74) is 0. The summed E-state index contributed by atoms with van der Waals surface area (Å²) in [4.78, 5) is 18.4. The first kappa shape index (κ1) is 8.74. The summed E-state index contributed by atoms with van der Waals surface area (Å²) >= 11 is 0.